The highest BCUT2D eigenvalue weighted by Gasteiger charge is 2.26. The minimum absolute atomic E-state index is 0. The van der Waals surface area contributed by atoms with Gasteiger partial charge in [-0.1, -0.05) is 6.07 Å². The highest BCUT2D eigenvalue weighted by molar-refractivity contribution is 5.85. The highest BCUT2D eigenvalue weighted by Crippen LogP contribution is 2.15. The van der Waals surface area contributed by atoms with Gasteiger partial charge in [-0.15, -0.1) is 24.8 Å². The molecule has 0 bridgehead atoms. The molecule has 2 atom stereocenters. The molecule has 2 aromatic rings. The van der Waals surface area contributed by atoms with E-state index in [1.54, 1.807) is 35.9 Å². The molecule has 3 rings (SSSR count). The van der Waals surface area contributed by atoms with E-state index in [0.717, 1.165) is 37.0 Å². The topological polar surface area (TPSA) is 84.3 Å². The fourth-order valence-electron chi connectivity index (χ4n) is 3.28. The summed E-state index contributed by atoms with van der Waals surface area (Å²) in [7, 11) is 1.69. The zero-order chi connectivity index (χ0) is 17.1. The van der Waals surface area contributed by atoms with Crippen LogP contribution in [0.2, 0.25) is 0 Å². The van der Waals surface area contributed by atoms with Crippen LogP contribution < -0.4 is 11.3 Å². The van der Waals surface area contributed by atoms with E-state index in [9.17, 15) is 4.79 Å². The van der Waals surface area contributed by atoms with Crippen molar-refractivity contribution < 1.29 is 4.74 Å². The zero-order valence-corrected chi connectivity index (χ0v) is 16.3. The third kappa shape index (κ3) is 4.76. The predicted octanol–water partition coefficient (Wildman–Crippen LogP) is 1.76. The summed E-state index contributed by atoms with van der Waals surface area (Å²) < 4.78 is 7.18. The van der Waals surface area contributed by atoms with Gasteiger partial charge in [-0.25, -0.2) is 0 Å². The molecule has 2 N–H and O–H groups in total. The molecular formula is C18H24Cl2N4O2. The minimum Gasteiger partial charge on any atom is -0.379 e. The van der Waals surface area contributed by atoms with Crippen LogP contribution in [-0.4, -0.2) is 48.4 Å². The van der Waals surface area contributed by atoms with E-state index in [1.165, 1.54) is 0 Å². The smallest absolute Gasteiger partial charge is 0.251 e. The van der Waals surface area contributed by atoms with E-state index in [1.807, 2.05) is 6.07 Å². The second-order valence-corrected chi connectivity index (χ2v) is 6.24. The van der Waals surface area contributed by atoms with E-state index in [-0.39, 0.29) is 42.5 Å². The number of piperidine rings is 1. The van der Waals surface area contributed by atoms with Crippen molar-refractivity contribution in [2.24, 2.45) is 5.73 Å². The summed E-state index contributed by atoms with van der Waals surface area (Å²) in [6.07, 6.45) is 0.926. The number of benzene rings is 1. The Bertz CT molecular complexity index is 834. The molecule has 0 saturated carbocycles. The first-order chi connectivity index (χ1) is 11.6. The molecular weight excluding hydrogens is 375 g/mol. The van der Waals surface area contributed by atoms with Crippen LogP contribution in [-0.2, 0) is 11.3 Å². The van der Waals surface area contributed by atoms with Crippen LogP contribution in [0.25, 0.3) is 10.9 Å². The summed E-state index contributed by atoms with van der Waals surface area (Å²) in [6.45, 7) is 3.02. The number of aromatic nitrogens is 1. The highest BCUT2D eigenvalue weighted by atomic mass is 35.5. The molecule has 0 unspecified atom stereocenters. The number of fused-ring (bicyclic) bond motifs is 1. The number of ether oxygens (including phenoxy) is 1. The lowest BCUT2D eigenvalue weighted by molar-refractivity contribution is 0.0158. The lowest BCUT2D eigenvalue weighted by Crippen LogP contribution is -2.52. The van der Waals surface area contributed by atoms with Crippen molar-refractivity contribution in [3.63, 3.8) is 0 Å². The number of nitrogens with zero attached hydrogens (tertiary/aromatic N) is 3. The molecule has 1 saturated heterocycles. The lowest BCUT2D eigenvalue weighted by atomic mass is 10.0. The Morgan fingerprint density at radius 2 is 2.00 bits per heavy atom. The van der Waals surface area contributed by atoms with Crippen molar-refractivity contribution in [1.82, 2.24) is 9.47 Å². The SMILES string of the molecule is CO[C@H]1CN(CCn2c(=O)ccc3ccc(C#N)cc32)CC[C@H]1N.Cl.Cl. The molecule has 0 aliphatic carbocycles. The normalized spacial score (nSPS) is 20.0. The van der Waals surface area contributed by atoms with E-state index in [2.05, 4.69) is 11.0 Å². The Morgan fingerprint density at radius 3 is 2.69 bits per heavy atom. The maximum atomic E-state index is 12.3. The summed E-state index contributed by atoms with van der Waals surface area (Å²) in [5.41, 5.74) is 7.37. The molecule has 1 aliphatic heterocycles. The Morgan fingerprint density at radius 1 is 1.27 bits per heavy atom. The number of nitrogens with two attached hydrogens (primary N) is 1. The van der Waals surface area contributed by atoms with Gasteiger partial charge in [0.1, 0.15) is 0 Å². The van der Waals surface area contributed by atoms with E-state index < -0.39 is 0 Å². The van der Waals surface area contributed by atoms with Gasteiger partial charge in [0.05, 0.1) is 23.3 Å². The van der Waals surface area contributed by atoms with E-state index in [0.29, 0.717) is 12.1 Å². The van der Waals surface area contributed by atoms with Gasteiger partial charge in [0, 0.05) is 38.9 Å². The molecule has 1 aromatic heterocycles. The number of hydrogen-bond acceptors (Lipinski definition) is 5. The van der Waals surface area contributed by atoms with Crippen LogP contribution in [0.3, 0.4) is 0 Å². The maximum absolute atomic E-state index is 12.3. The van der Waals surface area contributed by atoms with Crippen molar-refractivity contribution in [3.05, 3.63) is 46.2 Å². The number of pyridine rings is 1. The monoisotopic (exact) mass is 398 g/mol. The minimum atomic E-state index is -0.0467. The summed E-state index contributed by atoms with van der Waals surface area (Å²) in [6, 6.07) is 11.0. The van der Waals surface area contributed by atoms with Crippen LogP contribution in [0.4, 0.5) is 0 Å². The molecule has 0 amide bonds. The van der Waals surface area contributed by atoms with Gasteiger partial charge in [-0.05, 0) is 36.6 Å². The van der Waals surface area contributed by atoms with Gasteiger partial charge in [-0.2, -0.15) is 5.26 Å². The third-order valence-corrected chi connectivity index (χ3v) is 4.76. The maximum Gasteiger partial charge on any atom is 0.251 e. The van der Waals surface area contributed by atoms with Gasteiger partial charge in [0.15, 0.2) is 0 Å². The van der Waals surface area contributed by atoms with Crippen molar-refractivity contribution in [3.8, 4) is 6.07 Å². The summed E-state index contributed by atoms with van der Waals surface area (Å²) in [5.74, 6) is 0. The van der Waals surface area contributed by atoms with Crippen LogP contribution in [0.1, 0.15) is 12.0 Å². The van der Waals surface area contributed by atoms with Gasteiger partial charge < -0.3 is 15.0 Å². The molecule has 1 aromatic carbocycles. The molecule has 1 fully saturated rings. The van der Waals surface area contributed by atoms with Gasteiger partial charge in [-0.3, -0.25) is 9.69 Å². The molecule has 1 aliphatic rings. The average molecular weight is 399 g/mol. The van der Waals surface area contributed by atoms with Crippen molar-refractivity contribution in [2.75, 3.05) is 26.7 Å². The molecule has 6 nitrogen and oxygen atoms in total. The Kier molecular flexibility index (Phi) is 8.54. The number of methoxy groups -OCH3 is 1. The Hall–Kier alpha value is -1.62. The van der Waals surface area contributed by atoms with E-state index >= 15 is 0 Å². The standard InChI is InChI=1S/C18H22N4O2.2ClH/c1-24-17-12-21(7-6-15(17)20)8-9-22-16-10-13(11-19)2-3-14(16)4-5-18(22)23;;/h2-5,10,15,17H,6-9,12,20H2,1H3;2*1H/t15-,17+;;/m1../s1. The Balaban J connectivity index is 0.00000169. The average Bonchev–Trinajstić information content (AvgIpc) is 2.61. The van der Waals surface area contributed by atoms with E-state index in [4.69, 9.17) is 15.7 Å². The molecule has 2 heterocycles. The number of nitriles is 1. The van der Waals surface area contributed by atoms with Gasteiger partial charge in [0.25, 0.3) is 5.56 Å². The zero-order valence-electron chi connectivity index (χ0n) is 14.6. The van der Waals surface area contributed by atoms with Crippen molar-refractivity contribution in [2.45, 2.75) is 25.1 Å². The fourth-order valence-corrected chi connectivity index (χ4v) is 3.28. The number of likely N-dealkylation sites (tertiary alicyclic amines) is 1. The van der Waals surface area contributed by atoms with Crippen LogP contribution in [0.5, 0.6) is 0 Å². The third-order valence-electron chi connectivity index (χ3n) is 4.76. The summed E-state index contributed by atoms with van der Waals surface area (Å²) in [5, 5.41) is 10.1. The van der Waals surface area contributed by atoms with Gasteiger partial charge >= 0.3 is 0 Å². The van der Waals surface area contributed by atoms with Crippen LogP contribution in [0, 0.1) is 11.3 Å². The molecule has 8 heteroatoms. The second kappa shape index (κ2) is 9.91. The molecule has 142 valence electrons. The fraction of sp³-hybridized carbons (Fsp3) is 0.444. The largest absolute Gasteiger partial charge is 0.379 e. The lowest BCUT2D eigenvalue weighted by Gasteiger charge is -2.36. The predicted molar refractivity (Wildman–Crippen MR) is 107 cm³/mol. The van der Waals surface area contributed by atoms with Crippen LogP contribution in [0.15, 0.2) is 35.1 Å². The summed E-state index contributed by atoms with van der Waals surface area (Å²) >= 11 is 0. The van der Waals surface area contributed by atoms with Crippen LogP contribution >= 0.6 is 24.8 Å². The van der Waals surface area contributed by atoms with Crippen molar-refractivity contribution >= 4 is 35.7 Å². The van der Waals surface area contributed by atoms with Gasteiger partial charge in [0.2, 0.25) is 0 Å². The Labute approximate surface area is 165 Å². The quantitative estimate of drug-likeness (QED) is 0.847. The number of halogens is 2. The summed E-state index contributed by atoms with van der Waals surface area (Å²) in [4.78, 5) is 14.6. The first-order valence-electron chi connectivity index (χ1n) is 8.17. The van der Waals surface area contributed by atoms with Crippen molar-refractivity contribution in [1.29, 1.82) is 5.26 Å². The number of hydrogen-bond donors (Lipinski definition) is 1. The second-order valence-electron chi connectivity index (χ2n) is 6.24. The first kappa shape index (κ1) is 22.4. The first-order valence-corrected chi connectivity index (χ1v) is 8.17. The molecule has 0 radical (unpaired) electrons. The molecule has 26 heavy (non-hydrogen) atoms. The number of rotatable bonds is 4. The molecule has 0 spiro atoms.